The van der Waals surface area contributed by atoms with Gasteiger partial charge in [-0.05, 0) is 42.1 Å². The van der Waals surface area contributed by atoms with Crippen molar-refractivity contribution in [1.82, 2.24) is 9.97 Å². The summed E-state index contributed by atoms with van der Waals surface area (Å²) in [5.74, 6) is 1.63. The first-order valence-corrected chi connectivity index (χ1v) is 8.16. The summed E-state index contributed by atoms with van der Waals surface area (Å²) < 4.78 is 6.66. The van der Waals surface area contributed by atoms with E-state index in [1.165, 1.54) is 0 Å². The second-order valence-electron chi connectivity index (χ2n) is 4.97. The first-order chi connectivity index (χ1) is 9.74. The molecule has 1 atom stereocenters. The minimum atomic E-state index is 0.323. The molecule has 1 unspecified atom stereocenters. The molecule has 20 heavy (non-hydrogen) atoms. The number of hydrogen-bond donors (Lipinski definition) is 1. The van der Waals surface area contributed by atoms with Crippen molar-refractivity contribution >= 4 is 27.7 Å². The Labute approximate surface area is 129 Å². The average Bonchev–Trinajstić information content (AvgIpc) is 2.97. The molecule has 0 radical (unpaired) electrons. The first-order valence-electron chi connectivity index (χ1n) is 7.37. The Morgan fingerprint density at radius 3 is 3.00 bits per heavy atom. The molecule has 0 amide bonds. The fourth-order valence-electron chi connectivity index (χ4n) is 2.30. The van der Waals surface area contributed by atoms with Gasteiger partial charge in [-0.15, -0.1) is 0 Å². The van der Waals surface area contributed by atoms with E-state index in [2.05, 4.69) is 50.0 Å². The summed E-state index contributed by atoms with van der Waals surface area (Å²) in [5.41, 5.74) is 0. The van der Waals surface area contributed by atoms with Crippen LogP contribution >= 0.6 is 15.9 Å². The van der Waals surface area contributed by atoms with Crippen molar-refractivity contribution in [1.29, 1.82) is 0 Å². The van der Waals surface area contributed by atoms with Gasteiger partial charge in [0, 0.05) is 32.4 Å². The molecular weight excluding hydrogens is 320 g/mol. The Balaban J connectivity index is 2.10. The van der Waals surface area contributed by atoms with E-state index in [0.717, 1.165) is 55.8 Å². The third-order valence-corrected chi connectivity index (χ3v) is 3.95. The lowest BCUT2D eigenvalue weighted by Gasteiger charge is -2.26. The first kappa shape index (κ1) is 15.5. The molecule has 2 rings (SSSR count). The minimum absolute atomic E-state index is 0.323. The topological polar surface area (TPSA) is 50.3 Å². The molecule has 1 aliphatic rings. The molecule has 6 heteroatoms. The van der Waals surface area contributed by atoms with Gasteiger partial charge in [0.1, 0.15) is 5.82 Å². The van der Waals surface area contributed by atoms with E-state index >= 15 is 0 Å². The highest BCUT2D eigenvalue weighted by Gasteiger charge is 2.21. The predicted molar refractivity (Wildman–Crippen MR) is 85.4 cm³/mol. The molecule has 1 N–H and O–H groups in total. The second kappa shape index (κ2) is 7.78. The van der Waals surface area contributed by atoms with Gasteiger partial charge in [0.25, 0.3) is 0 Å². The zero-order chi connectivity index (χ0) is 14.4. The minimum Gasteiger partial charge on any atom is -0.376 e. The van der Waals surface area contributed by atoms with Gasteiger partial charge < -0.3 is 15.0 Å². The largest absolute Gasteiger partial charge is 0.376 e. The van der Waals surface area contributed by atoms with E-state index < -0.39 is 0 Å². The van der Waals surface area contributed by atoms with Crippen molar-refractivity contribution in [2.45, 2.75) is 39.2 Å². The van der Waals surface area contributed by atoms with Crippen LogP contribution in [0.3, 0.4) is 0 Å². The van der Waals surface area contributed by atoms with Crippen molar-refractivity contribution < 1.29 is 4.74 Å². The number of rotatable bonds is 7. The fraction of sp³-hybridized carbons (Fsp3) is 0.714. The lowest BCUT2D eigenvalue weighted by atomic mass is 10.2. The van der Waals surface area contributed by atoms with Gasteiger partial charge in [-0.3, -0.25) is 0 Å². The van der Waals surface area contributed by atoms with E-state index in [1.54, 1.807) is 0 Å². The molecule has 0 aromatic carbocycles. The van der Waals surface area contributed by atoms with Gasteiger partial charge in [-0.25, -0.2) is 4.98 Å². The highest BCUT2D eigenvalue weighted by Crippen LogP contribution is 2.26. The monoisotopic (exact) mass is 342 g/mol. The summed E-state index contributed by atoms with van der Waals surface area (Å²) >= 11 is 3.55. The standard InChI is InChI=1S/C14H23BrN4O/c1-3-7-16-14-17-9-12(15)13(18-14)19(4-2)10-11-6-5-8-20-11/h9,11H,3-8,10H2,1-2H3,(H,16,17,18). The van der Waals surface area contributed by atoms with Crippen LogP contribution in [0.25, 0.3) is 0 Å². The molecule has 1 aromatic rings. The number of anilines is 2. The number of nitrogens with zero attached hydrogens (tertiary/aromatic N) is 3. The molecule has 1 saturated heterocycles. The summed E-state index contributed by atoms with van der Waals surface area (Å²) in [5, 5.41) is 3.23. The molecule has 5 nitrogen and oxygen atoms in total. The summed E-state index contributed by atoms with van der Waals surface area (Å²) in [6.45, 7) is 7.84. The zero-order valence-electron chi connectivity index (χ0n) is 12.2. The Kier molecular flexibility index (Phi) is 6.04. The van der Waals surface area contributed by atoms with Crippen molar-refractivity contribution in [3.8, 4) is 0 Å². The van der Waals surface area contributed by atoms with Crippen LogP contribution in [0.2, 0.25) is 0 Å². The van der Waals surface area contributed by atoms with Crippen LogP contribution < -0.4 is 10.2 Å². The van der Waals surface area contributed by atoms with Gasteiger partial charge in [0.05, 0.1) is 10.6 Å². The van der Waals surface area contributed by atoms with Gasteiger partial charge in [0.2, 0.25) is 5.95 Å². The molecule has 0 saturated carbocycles. The molecule has 0 aliphatic carbocycles. The summed E-state index contributed by atoms with van der Waals surface area (Å²) in [4.78, 5) is 11.2. The van der Waals surface area contributed by atoms with E-state index in [-0.39, 0.29) is 0 Å². The number of halogens is 1. The van der Waals surface area contributed by atoms with Crippen LogP contribution in [0.5, 0.6) is 0 Å². The number of likely N-dealkylation sites (N-methyl/N-ethyl adjacent to an activating group) is 1. The molecule has 2 heterocycles. The van der Waals surface area contributed by atoms with Gasteiger partial charge in [-0.1, -0.05) is 6.92 Å². The summed E-state index contributed by atoms with van der Waals surface area (Å²) in [7, 11) is 0. The van der Waals surface area contributed by atoms with Crippen LogP contribution in [0.4, 0.5) is 11.8 Å². The average molecular weight is 343 g/mol. The van der Waals surface area contributed by atoms with Crippen LogP contribution in [0.1, 0.15) is 33.1 Å². The number of nitrogens with one attached hydrogen (secondary N) is 1. The van der Waals surface area contributed by atoms with E-state index in [9.17, 15) is 0 Å². The number of hydrogen-bond acceptors (Lipinski definition) is 5. The van der Waals surface area contributed by atoms with Crippen molar-refractivity contribution in [3.63, 3.8) is 0 Å². The quantitative estimate of drug-likeness (QED) is 0.825. The Bertz CT molecular complexity index is 424. The van der Waals surface area contributed by atoms with E-state index in [4.69, 9.17) is 4.74 Å². The maximum Gasteiger partial charge on any atom is 0.224 e. The molecule has 0 bridgehead atoms. The third-order valence-electron chi connectivity index (χ3n) is 3.39. The highest BCUT2D eigenvalue weighted by atomic mass is 79.9. The van der Waals surface area contributed by atoms with Gasteiger partial charge in [-0.2, -0.15) is 4.98 Å². The smallest absolute Gasteiger partial charge is 0.224 e. The molecule has 1 aromatic heterocycles. The molecule has 112 valence electrons. The van der Waals surface area contributed by atoms with E-state index in [0.29, 0.717) is 12.1 Å². The van der Waals surface area contributed by atoms with Crippen LogP contribution in [0.15, 0.2) is 10.7 Å². The SMILES string of the molecule is CCCNc1ncc(Br)c(N(CC)CC2CCCO2)n1. The Hall–Kier alpha value is -0.880. The molecule has 0 spiro atoms. The lowest BCUT2D eigenvalue weighted by molar-refractivity contribution is 0.115. The summed E-state index contributed by atoms with van der Waals surface area (Å²) in [6.07, 6.45) is 5.50. The number of aromatic nitrogens is 2. The van der Waals surface area contributed by atoms with Crippen molar-refractivity contribution in [2.75, 3.05) is 36.5 Å². The van der Waals surface area contributed by atoms with Crippen LogP contribution in [-0.2, 0) is 4.74 Å². The Morgan fingerprint density at radius 2 is 2.35 bits per heavy atom. The van der Waals surface area contributed by atoms with Crippen molar-refractivity contribution in [2.24, 2.45) is 0 Å². The zero-order valence-corrected chi connectivity index (χ0v) is 13.8. The van der Waals surface area contributed by atoms with Gasteiger partial charge in [0.15, 0.2) is 0 Å². The van der Waals surface area contributed by atoms with Gasteiger partial charge >= 0.3 is 0 Å². The highest BCUT2D eigenvalue weighted by molar-refractivity contribution is 9.10. The fourth-order valence-corrected chi connectivity index (χ4v) is 2.74. The molecule has 1 fully saturated rings. The van der Waals surface area contributed by atoms with Crippen LogP contribution in [-0.4, -0.2) is 42.3 Å². The second-order valence-corrected chi connectivity index (χ2v) is 5.82. The van der Waals surface area contributed by atoms with Crippen molar-refractivity contribution in [3.05, 3.63) is 10.7 Å². The molecular formula is C14H23BrN4O. The molecule has 1 aliphatic heterocycles. The normalized spacial score (nSPS) is 18.2. The lowest BCUT2D eigenvalue weighted by Crippen LogP contribution is -2.33. The van der Waals surface area contributed by atoms with Crippen LogP contribution in [0, 0.1) is 0 Å². The third kappa shape index (κ3) is 4.06. The van der Waals surface area contributed by atoms with E-state index in [1.807, 2.05) is 6.20 Å². The predicted octanol–water partition coefficient (Wildman–Crippen LogP) is 3.07. The maximum absolute atomic E-state index is 5.73. The maximum atomic E-state index is 5.73. The number of ether oxygens (including phenoxy) is 1. The Morgan fingerprint density at radius 1 is 1.50 bits per heavy atom. The summed E-state index contributed by atoms with van der Waals surface area (Å²) in [6, 6.07) is 0.